The first-order valence-corrected chi connectivity index (χ1v) is 8.12. The fourth-order valence-electron chi connectivity index (χ4n) is 2.05. The Balaban J connectivity index is 2.40. The second-order valence-corrected chi connectivity index (χ2v) is 7.11. The number of nitrogens with zero attached hydrogens (tertiary/aromatic N) is 3. The number of nitrogens with one attached hydrogen (secondary N) is 1. The Bertz CT molecular complexity index is 860. The molecule has 128 valence electrons. The molecule has 0 unspecified atom stereocenters. The van der Waals surface area contributed by atoms with Gasteiger partial charge in [-0.25, -0.2) is 0 Å². The Hall–Kier alpha value is -2.28. The van der Waals surface area contributed by atoms with Gasteiger partial charge in [0, 0.05) is 5.41 Å². The molecule has 7 heteroatoms. The normalized spacial score (nSPS) is 12.1. The van der Waals surface area contributed by atoms with Crippen LogP contribution in [0, 0.1) is 4.77 Å². The molecule has 6 nitrogen and oxygen atoms in total. The van der Waals surface area contributed by atoms with Crippen molar-refractivity contribution in [3.8, 4) is 5.75 Å². The number of benzene rings is 1. The number of aromatic amines is 1. The quantitative estimate of drug-likeness (QED) is 0.681. The summed E-state index contributed by atoms with van der Waals surface area (Å²) >= 11 is 5.13. The van der Waals surface area contributed by atoms with Crippen molar-refractivity contribution in [1.29, 1.82) is 0 Å². The number of rotatable bonds is 4. The SMILES string of the molecule is CC(C)Oc1cccc(/C=N\n2c(=S)[nH]nc(C(C)(C)C)c2=O)c1. The van der Waals surface area contributed by atoms with E-state index < -0.39 is 5.41 Å². The highest BCUT2D eigenvalue weighted by molar-refractivity contribution is 7.71. The number of H-pyrrole nitrogens is 1. The van der Waals surface area contributed by atoms with Gasteiger partial charge in [0.1, 0.15) is 11.4 Å². The third-order valence-electron chi connectivity index (χ3n) is 3.11. The van der Waals surface area contributed by atoms with Crippen LogP contribution in [0.25, 0.3) is 0 Å². The Morgan fingerprint density at radius 3 is 2.71 bits per heavy atom. The van der Waals surface area contributed by atoms with Crippen molar-refractivity contribution < 1.29 is 4.74 Å². The Morgan fingerprint density at radius 1 is 1.38 bits per heavy atom. The molecule has 0 aliphatic heterocycles. The molecule has 0 aliphatic carbocycles. The van der Waals surface area contributed by atoms with Gasteiger partial charge in [0.2, 0.25) is 4.77 Å². The minimum atomic E-state index is -0.404. The van der Waals surface area contributed by atoms with E-state index in [1.54, 1.807) is 6.21 Å². The molecular weight excluding hydrogens is 324 g/mol. The predicted octanol–water partition coefficient (Wildman–Crippen LogP) is 3.27. The van der Waals surface area contributed by atoms with Crippen LogP contribution < -0.4 is 10.3 Å². The van der Waals surface area contributed by atoms with Crippen LogP contribution in [0.15, 0.2) is 34.2 Å². The van der Waals surface area contributed by atoms with Gasteiger partial charge in [-0.05, 0) is 43.8 Å². The van der Waals surface area contributed by atoms with Crippen molar-refractivity contribution in [1.82, 2.24) is 14.9 Å². The van der Waals surface area contributed by atoms with Crippen LogP contribution >= 0.6 is 12.2 Å². The van der Waals surface area contributed by atoms with Crippen LogP contribution in [0.2, 0.25) is 0 Å². The number of hydrogen-bond donors (Lipinski definition) is 1. The van der Waals surface area contributed by atoms with Crippen molar-refractivity contribution in [2.75, 3.05) is 0 Å². The van der Waals surface area contributed by atoms with Crippen molar-refractivity contribution in [2.45, 2.75) is 46.1 Å². The van der Waals surface area contributed by atoms with Gasteiger partial charge in [-0.3, -0.25) is 9.89 Å². The van der Waals surface area contributed by atoms with Crippen LogP contribution in [-0.4, -0.2) is 27.2 Å². The largest absolute Gasteiger partial charge is 0.491 e. The number of aromatic nitrogens is 3. The molecule has 0 aliphatic rings. The predicted molar refractivity (Wildman–Crippen MR) is 97.6 cm³/mol. The molecule has 1 aromatic heterocycles. The van der Waals surface area contributed by atoms with E-state index in [1.807, 2.05) is 58.9 Å². The molecule has 0 radical (unpaired) electrons. The van der Waals surface area contributed by atoms with Gasteiger partial charge >= 0.3 is 0 Å². The van der Waals surface area contributed by atoms with Gasteiger partial charge in [-0.15, -0.1) is 0 Å². The van der Waals surface area contributed by atoms with E-state index in [0.717, 1.165) is 16.0 Å². The van der Waals surface area contributed by atoms with E-state index in [2.05, 4.69) is 15.3 Å². The number of hydrogen-bond acceptors (Lipinski definition) is 5. The summed E-state index contributed by atoms with van der Waals surface area (Å²) in [5, 5.41) is 11.0. The van der Waals surface area contributed by atoms with E-state index in [4.69, 9.17) is 17.0 Å². The summed E-state index contributed by atoms with van der Waals surface area (Å²) < 4.78 is 6.95. The van der Waals surface area contributed by atoms with Crippen LogP contribution in [0.3, 0.4) is 0 Å². The Morgan fingerprint density at radius 2 is 2.08 bits per heavy atom. The minimum absolute atomic E-state index is 0.0863. The lowest BCUT2D eigenvalue weighted by atomic mass is 9.93. The molecule has 0 saturated carbocycles. The molecule has 0 fully saturated rings. The van der Waals surface area contributed by atoms with Crippen molar-refractivity contribution in [3.05, 3.63) is 50.6 Å². The summed E-state index contributed by atoms with van der Waals surface area (Å²) in [6.45, 7) is 9.66. The smallest absolute Gasteiger partial charge is 0.297 e. The van der Waals surface area contributed by atoms with Crippen LogP contribution in [0.4, 0.5) is 0 Å². The third-order valence-corrected chi connectivity index (χ3v) is 3.38. The van der Waals surface area contributed by atoms with Gasteiger partial charge in [-0.2, -0.15) is 14.9 Å². The number of ether oxygens (including phenoxy) is 1. The summed E-state index contributed by atoms with van der Waals surface area (Å²) in [5.41, 5.74) is 0.463. The average Bonchev–Trinajstić information content (AvgIpc) is 2.45. The maximum Gasteiger partial charge on any atom is 0.297 e. The van der Waals surface area contributed by atoms with E-state index in [1.165, 1.54) is 0 Å². The standard InChI is InChI=1S/C17H22N4O2S/c1-11(2)23-13-8-6-7-12(9-13)10-18-21-15(22)14(17(3,4)5)19-20-16(21)24/h6-11H,1-5H3,(H,20,24)/b18-10-. The lowest BCUT2D eigenvalue weighted by Crippen LogP contribution is -2.32. The molecule has 0 atom stereocenters. The Labute approximate surface area is 146 Å². The lowest BCUT2D eigenvalue weighted by Gasteiger charge is -2.16. The maximum atomic E-state index is 12.5. The first kappa shape index (κ1) is 18.1. The molecule has 0 bridgehead atoms. The highest BCUT2D eigenvalue weighted by atomic mass is 32.1. The van der Waals surface area contributed by atoms with E-state index in [0.29, 0.717) is 5.69 Å². The summed E-state index contributed by atoms with van der Waals surface area (Å²) in [6, 6.07) is 7.48. The zero-order valence-electron chi connectivity index (χ0n) is 14.5. The summed E-state index contributed by atoms with van der Waals surface area (Å²) in [7, 11) is 0. The van der Waals surface area contributed by atoms with Gasteiger partial charge < -0.3 is 4.74 Å². The molecule has 1 heterocycles. The fourth-order valence-corrected chi connectivity index (χ4v) is 2.23. The minimum Gasteiger partial charge on any atom is -0.491 e. The zero-order valence-corrected chi connectivity index (χ0v) is 15.3. The second-order valence-electron chi connectivity index (χ2n) is 6.73. The topological polar surface area (TPSA) is 72.3 Å². The van der Waals surface area contributed by atoms with Crippen molar-refractivity contribution in [3.63, 3.8) is 0 Å². The second kappa shape index (κ2) is 7.09. The van der Waals surface area contributed by atoms with Crippen molar-refractivity contribution in [2.24, 2.45) is 5.10 Å². The van der Waals surface area contributed by atoms with E-state index in [9.17, 15) is 4.79 Å². The van der Waals surface area contributed by atoms with Gasteiger partial charge in [0.25, 0.3) is 5.56 Å². The molecule has 0 spiro atoms. The monoisotopic (exact) mass is 346 g/mol. The molecule has 2 aromatic rings. The molecule has 2 rings (SSSR count). The van der Waals surface area contributed by atoms with Gasteiger partial charge in [0.05, 0.1) is 12.3 Å². The fraction of sp³-hybridized carbons (Fsp3) is 0.412. The molecule has 1 N–H and O–H groups in total. The molecule has 0 saturated heterocycles. The van der Waals surface area contributed by atoms with E-state index >= 15 is 0 Å². The lowest BCUT2D eigenvalue weighted by molar-refractivity contribution is 0.242. The van der Waals surface area contributed by atoms with Crippen LogP contribution in [0.1, 0.15) is 45.9 Å². The van der Waals surface area contributed by atoms with Gasteiger partial charge in [0.15, 0.2) is 0 Å². The first-order chi connectivity index (χ1) is 11.2. The summed E-state index contributed by atoms with van der Waals surface area (Å²) in [4.78, 5) is 12.5. The highest BCUT2D eigenvalue weighted by Crippen LogP contribution is 2.15. The zero-order chi connectivity index (χ0) is 17.9. The van der Waals surface area contributed by atoms with Crippen LogP contribution in [0.5, 0.6) is 5.75 Å². The molecule has 0 amide bonds. The highest BCUT2D eigenvalue weighted by Gasteiger charge is 2.21. The maximum absolute atomic E-state index is 12.5. The molecular formula is C17H22N4O2S. The molecule has 24 heavy (non-hydrogen) atoms. The first-order valence-electron chi connectivity index (χ1n) is 7.72. The summed E-state index contributed by atoms with van der Waals surface area (Å²) in [6.07, 6.45) is 1.66. The summed E-state index contributed by atoms with van der Waals surface area (Å²) in [5.74, 6) is 0.747. The molecule has 1 aromatic carbocycles. The van der Waals surface area contributed by atoms with E-state index in [-0.39, 0.29) is 16.4 Å². The van der Waals surface area contributed by atoms with Crippen LogP contribution in [-0.2, 0) is 5.41 Å². The Kier molecular flexibility index (Phi) is 5.33. The van der Waals surface area contributed by atoms with Gasteiger partial charge in [-0.1, -0.05) is 32.9 Å². The third kappa shape index (κ3) is 4.38. The van der Waals surface area contributed by atoms with Crippen molar-refractivity contribution >= 4 is 18.4 Å². The average molecular weight is 346 g/mol.